The zero-order valence-corrected chi connectivity index (χ0v) is 8.35. The lowest BCUT2D eigenvalue weighted by Gasteiger charge is -2.13. The van der Waals surface area contributed by atoms with Crippen LogP contribution in [0.5, 0.6) is 0 Å². The second-order valence-corrected chi connectivity index (χ2v) is 3.60. The average Bonchev–Trinajstić information content (AvgIpc) is 2.16. The van der Waals surface area contributed by atoms with Gasteiger partial charge in [-0.3, -0.25) is 0 Å². The third-order valence-corrected chi connectivity index (χ3v) is 2.32. The molecule has 14 heavy (non-hydrogen) atoms. The van der Waals surface area contributed by atoms with Gasteiger partial charge in [-0.2, -0.15) is 0 Å². The predicted molar refractivity (Wildman–Crippen MR) is 53.7 cm³/mol. The Morgan fingerprint density at radius 3 is 2.21 bits per heavy atom. The fourth-order valence-electron chi connectivity index (χ4n) is 1.20. The largest absolute Gasteiger partial charge is 0.330 e. The number of halogens is 3. The Bertz CT molecular complexity index is 274. The molecule has 0 fully saturated rings. The summed E-state index contributed by atoms with van der Waals surface area (Å²) in [4.78, 5) is 0. The Morgan fingerprint density at radius 2 is 1.79 bits per heavy atom. The van der Waals surface area contributed by atoms with Crippen LogP contribution in [0.25, 0.3) is 0 Å². The minimum Gasteiger partial charge on any atom is -0.330 e. The lowest BCUT2D eigenvalue weighted by atomic mass is 10.00. The summed E-state index contributed by atoms with van der Waals surface area (Å²) in [5.41, 5.74) is 6.08. The first-order valence-electron chi connectivity index (χ1n) is 4.36. The predicted octanol–water partition coefficient (Wildman–Crippen LogP) is 2.72. The first-order valence-corrected chi connectivity index (χ1v) is 4.74. The van der Waals surface area contributed by atoms with Gasteiger partial charge in [0.1, 0.15) is 0 Å². The SMILES string of the molecule is NCC(Cc1ccc(Cl)cc1)C(F)F. The van der Waals surface area contributed by atoms with E-state index < -0.39 is 12.3 Å². The molecule has 0 saturated carbocycles. The van der Waals surface area contributed by atoms with Crippen LogP contribution in [0.4, 0.5) is 8.78 Å². The highest BCUT2D eigenvalue weighted by Gasteiger charge is 2.18. The molecule has 0 aliphatic carbocycles. The Labute approximate surface area is 86.9 Å². The third-order valence-electron chi connectivity index (χ3n) is 2.07. The Balaban J connectivity index is 2.63. The van der Waals surface area contributed by atoms with Crippen LogP contribution in [-0.4, -0.2) is 13.0 Å². The molecular formula is C10H12ClF2N. The van der Waals surface area contributed by atoms with E-state index in [1.807, 2.05) is 0 Å². The molecule has 0 heterocycles. The summed E-state index contributed by atoms with van der Waals surface area (Å²) in [6.07, 6.45) is -2.07. The van der Waals surface area contributed by atoms with E-state index in [1.165, 1.54) is 0 Å². The topological polar surface area (TPSA) is 26.0 Å². The van der Waals surface area contributed by atoms with Crippen molar-refractivity contribution in [2.24, 2.45) is 11.7 Å². The normalized spacial score (nSPS) is 13.2. The summed E-state index contributed by atoms with van der Waals surface area (Å²) in [5, 5.41) is 0.607. The molecule has 1 aromatic rings. The molecule has 1 atom stereocenters. The van der Waals surface area contributed by atoms with Crippen molar-refractivity contribution in [2.45, 2.75) is 12.8 Å². The molecule has 78 valence electrons. The molecule has 0 saturated heterocycles. The molecule has 0 bridgehead atoms. The van der Waals surface area contributed by atoms with E-state index >= 15 is 0 Å². The van der Waals surface area contributed by atoms with Crippen LogP contribution in [0.2, 0.25) is 5.02 Å². The molecule has 2 N–H and O–H groups in total. The first kappa shape index (κ1) is 11.4. The Kier molecular flexibility index (Phi) is 4.29. The maximum atomic E-state index is 12.4. The maximum Gasteiger partial charge on any atom is 0.242 e. The van der Waals surface area contributed by atoms with Gasteiger partial charge in [0, 0.05) is 17.5 Å². The van der Waals surface area contributed by atoms with Crippen molar-refractivity contribution in [3.63, 3.8) is 0 Å². The van der Waals surface area contributed by atoms with Gasteiger partial charge in [-0.15, -0.1) is 0 Å². The highest BCUT2D eigenvalue weighted by atomic mass is 35.5. The molecule has 0 amide bonds. The van der Waals surface area contributed by atoms with Gasteiger partial charge in [-0.1, -0.05) is 23.7 Å². The van der Waals surface area contributed by atoms with Crippen molar-refractivity contribution in [3.8, 4) is 0 Å². The highest BCUT2D eigenvalue weighted by Crippen LogP contribution is 2.17. The molecule has 1 rings (SSSR count). The molecular weight excluding hydrogens is 208 g/mol. The average molecular weight is 220 g/mol. The monoisotopic (exact) mass is 219 g/mol. The van der Waals surface area contributed by atoms with Gasteiger partial charge < -0.3 is 5.73 Å². The van der Waals surface area contributed by atoms with E-state index in [0.717, 1.165) is 5.56 Å². The second kappa shape index (κ2) is 5.27. The maximum absolute atomic E-state index is 12.4. The lowest BCUT2D eigenvalue weighted by Crippen LogP contribution is -2.23. The molecule has 0 aromatic heterocycles. The third kappa shape index (κ3) is 3.24. The quantitative estimate of drug-likeness (QED) is 0.828. The van der Waals surface area contributed by atoms with Crippen LogP contribution in [-0.2, 0) is 6.42 Å². The summed E-state index contributed by atoms with van der Waals surface area (Å²) < 4.78 is 24.7. The van der Waals surface area contributed by atoms with Crippen LogP contribution < -0.4 is 5.73 Å². The van der Waals surface area contributed by atoms with Crippen LogP contribution in [0.15, 0.2) is 24.3 Å². The zero-order valence-electron chi connectivity index (χ0n) is 7.59. The van der Waals surface area contributed by atoms with Crippen molar-refractivity contribution in [2.75, 3.05) is 6.54 Å². The van der Waals surface area contributed by atoms with Crippen molar-refractivity contribution in [3.05, 3.63) is 34.9 Å². The molecule has 0 spiro atoms. The second-order valence-electron chi connectivity index (χ2n) is 3.16. The molecule has 1 aromatic carbocycles. The fraction of sp³-hybridized carbons (Fsp3) is 0.400. The van der Waals surface area contributed by atoms with E-state index in [1.54, 1.807) is 24.3 Å². The van der Waals surface area contributed by atoms with Gasteiger partial charge in [0.15, 0.2) is 0 Å². The molecule has 0 aliphatic rings. The van der Waals surface area contributed by atoms with Gasteiger partial charge >= 0.3 is 0 Å². The van der Waals surface area contributed by atoms with Gasteiger partial charge in [-0.25, -0.2) is 8.78 Å². The summed E-state index contributed by atoms with van der Waals surface area (Å²) in [6, 6.07) is 6.87. The smallest absolute Gasteiger partial charge is 0.242 e. The number of benzene rings is 1. The summed E-state index contributed by atoms with van der Waals surface area (Å²) in [6.45, 7) is 0.000291. The van der Waals surface area contributed by atoms with Crippen LogP contribution in [0.3, 0.4) is 0 Å². The Hall–Kier alpha value is -0.670. The lowest BCUT2D eigenvalue weighted by molar-refractivity contribution is 0.0814. The van der Waals surface area contributed by atoms with Crippen LogP contribution in [0.1, 0.15) is 5.56 Å². The van der Waals surface area contributed by atoms with Crippen molar-refractivity contribution >= 4 is 11.6 Å². The van der Waals surface area contributed by atoms with Gasteiger partial charge in [0.25, 0.3) is 0 Å². The minimum absolute atomic E-state index is 0.000291. The van der Waals surface area contributed by atoms with E-state index in [4.69, 9.17) is 17.3 Å². The number of rotatable bonds is 4. The van der Waals surface area contributed by atoms with Crippen molar-refractivity contribution in [1.29, 1.82) is 0 Å². The van der Waals surface area contributed by atoms with Gasteiger partial charge in [0.05, 0.1) is 0 Å². The van der Waals surface area contributed by atoms with Crippen molar-refractivity contribution < 1.29 is 8.78 Å². The number of hydrogen-bond donors (Lipinski definition) is 1. The minimum atomic E-state index is -2.37. The zero-order chi connectivity index (χ0) is 10.6. The number of alkyl halides is 2. The van der Waals surface area contributed by atoms with Crippen molar-refractivity contribution in [1.82, 2.24) is 0 Å². The number of nitrogens with two attached hydrogens (primary N) is 1. The van der Waals surface area contributed by atoms with Crippen LogP contribution in [0, 0.1) is 5.92 Å². The number of hydrogen-bond acceptors (Lipinski definition) is 1. The Morgan fingerprint density at radius 1 is 1.21 bits per heavy atom. The summed E-state index contributed by atoms with van der Waals surface area (Å²) in [7, 11) is 0. The van der Waals surface area contributed by atoms with Gasteiger partial charge in [0.2, 0.25) is 6.43 Å². The molecule has 1 unspecified atom stereocenters. The molecule has 0 radical (unpaired) electrons. The molecule has 0 aliphatic heterocycles. The van der Waals surface area contributed by atoms with E-state index in [9.17, 15) is 8.78 Å². The van der Waals surface area contributed by atoms with E-state index in [0.29, 0.717) is 11.4 Å². The van der Waals surface area contributed by atoms with E-state index in [2.05, 4.69) is 0 Å². The van der Waals surface area contributed by atoms with Gasteiger partial charge in [-0.05, 0) is 24.1 Å². The summed E-state index contributed by atoms with van der Waals surface area (Å²) in [5.74, 6) is -0.767. The fourth-order valence-corrected chi connectivity index (χ4v) is 1.32. The first-order chi connectivity index (χ1) is 6.63. The van der Waals surface area contributed by atoms with E-state index in [-0.39, 0.29) is 6.54 Å². The highest BCUT2D eigenvalue weighted by molar-refractivity contribution is 6.30. The standard InChI is InChI=1S/C10H12ClF2N/c11-9-3-1-7(2-4-9)5-8(6-14)10(12)13/h1-4,8,10H,5-6,14H2. The molecule has 4 heteroatoms. The molecule has 1 nitrogen and oxygen atoms in total. The summed E-state index contributed by atoms with van der Waals surface area (Å²) >= 11 is 5.67. The van der Waals surface area contributed by atoms with Crippen LogP contribution >= 0.6 is 11.6 Å².